The van der Waals surface area contributed by atoms with Crippen molar-refractivity contribution in [3.8, 4) is 5.75 Å². The van der Waals surface area contributed by atoms with Crippen molar-refractivity contribution in [2.45, 2.75) is 17.9 Å². The van der Waals surface area contributed by atoms with Crippen molar-refractivity contribution < 1.29 is 17.9 Å². The Hall–Kier alpha value is -3.07. The molecule has 0 radical (unpaired) electrons. The van der Waals surface area contributed by atoms with Crippen LogP contribution in [-0.2, 0) is 23.1 Å². The summed E-state index contributed by atoms with van der Waals surface area (Å²) < 4.78 is 34.0. The smallest absolute Gasteiger partial charge is 0.243 e. The summed E-state index contributed by atoms with van der Waals surface area (Å²) in [6.45, 7) is 2.46. The summed E-state index contributed by atoms with van der Waals surface area (Å²) in [4.78, 5) is 19.5. The summed E-state index contributed by atoms with van der Waals surface area (Å²) in [5.74, 6) is 0.145. The van der Waals surface area contributed by atoms with Gasteiger partial charge in [-0.1, -0.05) is 36.4 Å². The number of nitrogens with zero attached hydrogens (tertiary/aromatic N) is 3. The fourth-order valence-corrected chi connectivity index (χ4v) is 5.16. The lowest BCUT2D eigenvalue weighted by Gasteiger charge is -2.31. The van der Waals surface area contributed by atoms with E-state index in [1.165, 1.54) is 16.4 Å². The van der Waals surface area contributed by atoms with Crippen LogP contribution in [0.1, 0.15) is 21.5 Å². The largest absolute Gasteiger partial charge is 0.488 e. The molecule has 7 nitrogen and oxygen atoms in total. The molecule has 0 saturated carbocycles. The number of sulfonamides is 1. The third kappa shape index (κ3) is 5.65. The molecule has 4 rings (SSSR count). The second-order valence-electron chi connectivity index (χ2n) is 8.10. The van der Waals surface area contributed by atoms with Crippen molar-refractivity contribution in [2.75, 3.05) is 33.2 Å². The quantitative estimate of drug-likeness (QED) is 0.476. The van der Waals surface area contributed by atoms with Crippen LogP contribution in [0.15, 0.2) is 78.0 Å². The summed E-state index contributed by atoms with van der Waals surface area (Å²) >= 11 is 0. The Morgan fingerprint density at radius 1 is 0.970 bits per heavy atom. The molecule has 0 amide bonds. The number of ketones is 1. The van der Waals surface area contributed by atoms with Gasteiger partial charge in [0.15, 0.2) is 5.78 Å². The topological polar surface area (TPSA) is 79.8 Å². The predicted molar refractivity (Wildman–Crippen MR) is 126 cm³/mol. The van der Waals surface area contributed by atoms with E-state index in [4.69, 9.17) is 4.74 Å². The second-order valence-corrected chi connectivity index (χ2v) is 10.0. The third-order valence-electron chi connectivity index (χ3n) is 5.68. The fraction of sp³-hybridized carbons (Fsp3) is 0.280. The first kappa shape index (κ1) is 23.1. The van der Waals surface area contributed by atoms with Gasteiger partial charge in [0.05, 0.1) is 10.5 Å². The van der Waals surface area contributed by atoms with E-state index < -0.39 is 10.0 Å². The van der Waals surface area contributed by atoms with Crippen LogP contribution in [0, 0.1) is 0 Å². The summed E-state index contributed by atoms with van der Waals surface area (Å²) in [7, 11) is -1.74. The molecule has 1 saturated heterocycles. The van der Waals surface area contributed by atoms with Crippen LogP contribution in [0.25, 0.3) is 0 Å². The minimum atomic E-state index is -3.71. The molecule has 2 heterocycles. The van der Waals surface area contributed by atoms with Crippen LogP contribution in [0.4, 0.5) is 0 Å². The summed E-state index contributed by atoms with van der Waals surface area (Å²) in [6, 6.07) is 17.8. The molecule has 0 bridgehead atoms. The van der Waals surface area contributed by atoms with E-state index in [-0.39, 0.29) is 29.3 Å². The van der Waals surface area contributed by atoms with Crippen molar-refractivity contribution in [1.29, 1.82) is 0 Å². The molecule has 0 aliphatic carbocycles. The number of rotatable bonds is 8. The first-order valence-corrected chi connectivity index (χ1v) is 12.3. The van der Waals surface area contributed by atoms with Crippen molar-refractivity contribution >= 4 is 15.8 Å². The first-order chi connectivity index (χ1) is 15.9. The average molecular weight is 466 g/mol. The number of carbonyl (C=O) groups excluding carboxylic acids is 1. The minimum Gasteiger partial charge on any atom is -0.488 e. The van der Waals surface area contributed by atoms with Crippen LogP contribution in [-0.4, -0.2) is 61.6 Å². The van der Waals surface area contributed by atoms with Gasteiger partial charge >= 0.3 is 0 Å². The molecule has 0 unspecified atom stereocenters. The Balaban J connectivity index is 1.64. The van der Waals surface area contributed by atoms with Crippen molar-refractivity contribution in [1.82, 2.24) is 14.2 Å². The lowest BCUT2D eigenvalue weighted by molar-refractivity contribution is 0.0988. The van der Waals surface area contributed by atoms with E-state index in [0.29, 0.717) is 31.9 Å². The van der Waals surface area contributed by atoms with Crippen molar-refractivity contribution in [2.24, 2.45) is 0 Å². The zero-order valence-electron chi connectivity index (χ0n) is 18.6. The Kier molecular flexibility index (Phi) is 7.17. The van der Waals surface area contributed by atoms with Gasteiger partial charge in [0.1, 0.15) is 12.4 Å². The number of piperazine rings is 1. The SMILES string of the molecule is CN1CCN(S(=O)(=O)c2ccc(OCc3ccccc3)c(C(=O)Cc3cccnc3)c2)CC1. The number of benzene rings is 2. The zero-order chi connectivity index (χ0) is 23.3. The molecule has 0 N–H and O–H groups in total. The monoisotopic (exact) mass is 465 g/mol. The summed E-state index contributed by atoms with van der Waals surface area (Å²) in [5, 5.41) is 0. The highest BCUT2D eigenvalue weighted by molar-refractivity contribution is 7.89. The molecule has 8 heteroatoms. The van der Waals surface area contributed by atoms with Gasteiger partial charge in [-0.2, -0.15) is 4.31 Å². The molecule has 1 aromatic heterocycles. The van der Waals surface area contributed by atoms with Gasteiger partial charge in [-0.15, -0.1) is 0 Å². The molecular weight excluding hydrogens is 438 g/mol. The lowest BCUT2D eigenvalue weighted by Crippen LogP contribution is -2.47. The van der Waals surface area contributed by atoms with Gasteiger partial charge in [-0.3, -0.25) is 9.78 Å². The van der Waals surface area contributed by atoms with E-state index in [1.807, 2.05) is 43.4 Å². The normalized spacial score (nSPS) is 15.3. The molecule has 0 atom stereocenters. The maximum Gasteiger partial charge on any atom is 0.243 e. The standard InChI is InChI=1S/C25H27N3O4S/c1-27-12-14-28(15-13-27)33(30,31)22-9-10-25(32-19-20-6-3-2-4-7-20)23(17-22)24(29)16-21-8-5-11-26-18-21/h2-11,17-18H,12-16,19H2,1H3. The van der Waals surface area contributed by atoms with Crippen molar-refractivity contribution in [3.05, 3.63) is 89.7 Å². The first-order valence-electron chi connectivity index (χ1n) is 10.8. The van der Waals surface area contributed by atoms with E-state index in [2.05, 4.69) is 9.88 Å². The van der Waals surface area contributed by atoms with Crippen LogP contribution < -0.4 is 4.74 Å². The van der Waals surface area contributed by atoms with Crippen molar-refractivity contribution in [3.63, 3.8) is 0 Å². The number of hydrogen-bond acceptors (Lipinski definition) is 6. The number of carbonyl (C=O) groups is 1. The maximum atomic E-state index is 13.3. The molecule has 0 spiro atoms. The average Bonchev–Trinajstić information content (AvgIpc) is 2.84. The van der Waals surface area contributed by atoms with Gasteiger partial charge in [-0.05, 0) is 42.4 Å². The second kappa shape index (κ2) is 10.2. The van der Waals surface area contributed by atoms with Gasteiger partial charge in [0.25, 0.3) is 0 Å². The summed E-state index contributed by atoms with van der Waals surface area (Å²) in [5.41, 5.74) is 1.96. The zero-order valence-corrected chi connectivity index (χ0v) is 19.4. The molecule has 2 aromatic carbocycles. The minimum absolute atomic E-state index is 0.105. The number of likely N-dealkylation sites (N-methyl/N-ethyl adjacent to an activating group) is 1. The number of hydrogen-bond donors (Lipinski definition) is 0. The fourth-order valence-electron chi connectivity index (χ4n) is 3.71. The van der Waals surface area contributed by atoms with Gasteiger partial charge in [0, 0.05) is 45.0 Å². The molecule has 1 aliphatic heterocycles. The van der Waals surface area contributed by atoms with Crippen LogP contribution >= 0.6 is 0 Å². The van der Waals surface area contributed by atoms with Crippen LogP contribution in [0.3, 0.4) is 0 Å². The molecule has 172 valence electrons. The van der Waals surface area contributed by atoms with E-state index in [1.54, 1.807) is 24.5 Å². The number of Topliss-reactive ketones (excluding diaryl/α,β-unsaturated/α-hetero) is 1. The van der Waals surface area contributed by atoms with E-state index >= 15 is 0 Å². The number of ether oxygens (including phenoxy) is 1. The van der Waals surface area contributed by atoms with E-state index in [0.717, 1.165) is 11.1 Å². The highest BCUT2D eigenvalue weighted by atomic mass is 32.2. The van der Waals surface area contributed by atoms with Gasteiger partial charge in [0.2, 0.25) is 10.0 Å². The van der Waals surface area contributed by atoms with Gasteiger partial charge < -0.3 is 9.64 Å². The molecule has 1 aliphatic rings. The molecule has 33 heavy (non-hydrogen) atoms. The molecular formula is C25H27N3O4S. The number of aromatic nitrogens is 1. The highest BCUT2D eigenvalue weighted by Gasteiger charge is 2.29. The van der Waals surface area contributed by atoms with Crippen LogP contribution in [0.5, 0.6) is 5.75 Å². The number of pyridine rings is 1. The molecule has 1 fully saturated rings. The summed E-state index contributed by atoms with van der Waals surface area (Å²) in [6.07, 6.45) is 3.38. The van der Waals surface area contributed by atoms with E-state index in [9.17, 15) is 13.2 Å². The Morgan fingerprint density at radius 2 is 1.70 bits per heavy atom. The highest BCUT2D eigenvalue weighted by Crippen LogP contribution is 2.27. The van der Waals surface area contributed by atoms with Crippen LogP contribution in [0.2, 0.25) is 0 Å². The Morgan fingerprint density at radius 3 is 2.39 bits per heavy atom. The Bertz CT molecular complexity index is 1190. The lowest BCUT2D eigenvalue weighted by atomic mass is 10.0. The third-order valence-corrected chi connectivity index (χ3v) is 7.57. The Labute approximate surface area is 194 Å². The predicted octanol–water partition coefficient (Wildman–Crippen LogP) is 3.02. The maximum absolute atomic E-state index is 13.3. The van der Waals surface area contributed by atoms with Gasteiger partial charge in [-0.25, -0.2) is 8.42 Å². The molecule has 3 aromatic rings.